The van der Waals surface area contributed by atoms with Crippen molar-refractivity contribution < 1.29 is 27.8 Å². The van der Waals surface area contributed by atoms with Crippen LogP contribution in [0.3, 0.4) is 0 Å². The van der Waals surface area contributed by atoms with Crippen LogP contribution in [0.1, 0.15) is 15.9 Å². The number of benzene rings is 2. The molecule has 2 aromatic rings. The van der Waals surface area contributed by atoms with E-state index in [1.165, 1.54) is 45.6 Å². The van der Waals surface area contributed by atoms with Crippen molar-refractivity contribution in [2.45, 2.75) is 0 Å². The van der Waals surface area contributed by atoms with Crippen molar-refractivity contribution in [1.29, 1.82) is 0 Å². The Balaban J connectivity index is 2.61. The van der Waals surface area contributed by atoms with Gasteiger partial charge in [0.1, 0.15) is 0 Å². The molecular formula is C16H14F2O4. The van der Waals surface area contributed by atoms with Gasteiger partial charge >= 0.3 is 0 Å². The van der Waals surface area contributed by atoms with Gasteiger partial charge in [-0.25, -0.2) is 8.78 Å². The molecule has 0 saturated carbocycles. The standard InChI is InChI=1S/C16H14F2O4/c1-20-12-8-7-10(15(21-2)16(12)22-3)14(19)9-5-4-6-11(17)13(9)18/h4-8H,1-3H3. The average molecular weight is 308 g/mol. The van der Waals surface area contributed by atoms with E-state index in [0.29, 0.717) is 5.75 Å². The summed E-state index contributed by atoms with van der Waals surface area (Å²) in [5, 5.41) is 0. The average Bonchev–Trinajstić information content (AvgIpc) is 2.55. The summed E-state index contributed by atoms with van der Waals surface area (Å²) >= 11 is 0. The van der Waals surface area contributed by atoms with E-state index in [0.717, 1.165) is 6.07 Å². The summed E-state index contributed by atoms with van der Waals surface area (Å²) in [6, 6.07) is 6.31. The first kappa shape index (κ1) is 15.8. The van der Waals surface area contributed by atoms with E-state index in [9.17, 15) is 13.6 Å². The van der Waals surface area contributed by atoms with Crippen molar-refractivity contribution in [3.8, 4) is 17.2 Å². The quantitative estimate of drug-likeness (QED) is 0.796. The monoisotopic (exact) mass is 308 g/mol. The first-order valence-electron chi connectivity index (χ1n) is 6.32. The lowest BCUT2D eigenvalue weighted by Crippen LogP contribution is -2.09. The fourth-order valence-electron chi connectivity index (χ4n) is 2.10. The molecule has 0 N–H and O–H groups in total. The Labute approximate surface area is 126 Å². The number of methoxy groups -OCH3 is 3. The van der Waals surface area contributed by atoms with Crippen LogP contribution in [-0.4, -0.2) is 27.1 Å². The van der Waals surface area contributed by atoms with E-state index in [1.807, 2.05) is 0 Å². The van der Waals surface area contributed by atoms with Crippen molar-refractivity contribution in [3.05, 3.63) is 53.1 Å². The van der Waals surface area contributed by atoms with Crippen LogP contribution in [0, 0.1) is 11.6 Å². The van der Waals surface area contributed by atoms with E-state index in [4.69, 9.17) is 14.2 Å². The van der Waals surface area contributed by atoms with Gasteiger partial charge in [-0.15, -0.1) is 0 Å². The maximum Gasteiger partial charge on any atom is 0.204 e. The lowest BCUT2D eigenvalue weighted by molar-refractivity contribution is 0.103. The topological polar surface area (TPSA) is 44.8 Å². The van der Waals surface area contributed by atoms with Crippen molar-refractivity contribution >= 4 is 5.78 Å². The highest BCUT2D eigenvalue weighted by atomic mass is 19.2. The number of rotatable bonds is 5. The summed E-state index contributed by atoms with van der Waals surface area (Å²) in [7, 11) is 4.17. The molecule has 2 rings (SSSR count). The van der Waals surface area contributed by atoms with Crippen LogP contribution in [0.5, 0.6) is 17.2 Å². The van der Waals surface area contributed by atoms with Gasteiger partial charge in [0.25, 0.3) is 0 Å². The maximum absolute atomic E-state index is 13.8. The Hall–Kier alpha value is -2.63. The molecule has 22 heavy (non-hydrogen) atoms. The molecule has 0 aliphatic carbocycles. The first-order chi connectivity index (χ1) is 10.5. The number of carbonyl (C=O) groups is 1. The highest BCUT2D eigenvalue weighted by Crippen LogP contribution is 2.40. The number of hydrogen-bond acceptors (Lipinski definition) is 4. The molecule has 0 aliphatic rings. The Bertz CT molecular complexity index is 714. The second-order valence-electron chi connectivity index (χ2n) is 4.31. The molecule has 0 aromatic heterocycles. The van der Waals surface area contributed by atoms with Gasteiger partial charge in [0.2, 0.25) is 5.75 Å². The lowest BCUT2D eigenvalue weighted by Gasteiger charge is -2.15. The molecule has 0 heterocycles. The van der Waals surface area contributed by atoms with Crippen molar-refractivity contribution in [2.75, 3.05) is 21.3 Å². The molecule has 0 spiro atoms. The molecule has 0 bridgehead atoms. The first-order valence-corrected chi connectivity index (χ1v) is 6.32. The third kappa shape index (κ3) is 2.59. The van der Waals surface area contributed by atoms with E-state index in [1.54, 1.807) is 0 Å². The molecule has 6 heteroatoms. The minimum atomic E-state index is -1.20. The molecule has 0 saturated heterocycles. The third-order valence-corrected chi connectivity index (χ3v) is 3.15. The second kappa shape index (κ2) is 6.43. The summed E-state index contributed by atoms with van der Waals surface area (Å²) < 4.78 is 42.6. The van der Waals surface area contributed by atoms with Gasteiger partial charge < -0.3 is 14.2 Å². The van der Waals surface area contributed by atoms with E-state index >= 15 is 0 Å². The third-order valence-electron chi connectivity index (χ3n) is 3.15. The van der Waals surface area contributed by atoms with Crippen LogP contribution in [0.25, 0.3) is 0 Å². The van der Waals surface area contributed by atoms with Gasteiger partial charge in [-0.1, -0.05) is 6.07 Å². The zero-order valence-corrected chi connectivity index (χ0v) is 12.3. The zero-order chi connectivity index (χ0) is 16.3. The zero-order valence-electron chi connectivity index (χ0n) is 12.3. The van der Waals surface area contributed by atoms with Gasteiger partial charge in [0, 0.05) is 0 Å². The van der Waals surface area contributed by atoms with E-state index in [-0.39, 0.29) is 22.6 Å². The summed E-state index contributed by atoms with van der Waals surface area (Å²) in [5.41, 5.74) is -0.338. The second-order valence-corrected chi connectivity index (χ2v) is 4.31. The Kier molecular flexibility index (Phi) is 4.60. The van der Waals surface area contributed by atoms with Crippen molar-refractivity contribution in [2.24, 2.45) is 0 Å². The molecule has 0 amide bonds. The Morgan fingerprint density at radius 2 is 1.55 bits per heavy atom. The smallest absolute Gasteiger partial charge is 0.204 e. The van der Waals surface area contributed by atoms with Gasteiger partial charge in [-0.3, -0.25) is 4.79 Å². The molecule has 0 fully saturated rings. The molecule has 0 aliphatic heterocycles. The highest BCUT2D eigenvalue weighted by molar-refractivity contribution is 6.11. The van der Waals surface area contributed by atoms with Crippen LogP contribution in [-0.2, 0) is 0 Å². The summed E-state index contributed by atoms with van der Waals surface area (Å²) in [6.45, 7) is 0. The SMILES string of the molecule is COc1ccc(C(=O)c2cccc(F)c2F)c(OC)c1OC. The number of ketones is 1. The molecular weight excluding hydrogens is 294 g/mol. The predicted molar refractivity (Wildman–Crippen MR) is 75.9 cm³/mol. The maximum atomic E-state index is 13.8. The molecule has 0 radical (unpaired) electrons. The summed E-state index contributed by atoms with van der Waals surface area (Å²) in [5.74, 6) is -2.36. The number of hydrogen-bond donors (Lipinski definition) is 0. The van der Waals surface area contributed by atoms with Gasteiger partial charge in [-0.05, 0) is 24.3 Å². The Morgan fingerprint density at radius 1 is 0.864 bits per heavy atom. The fourth-order valence-corrected chi connectivity index (χ4v) is 2.10. The fraction of sp³-hybridized carbons (Fsp3) is 0.188. The van der Waals surface area contributed by atoms with Gasteiger partial charge in [0.05, 0.1) is 32.5 Å². The summed E-state index contributed by atoms with van der Waals surface area (Å²) in [6.07, 6.45) is 0. The number of halogens is 2. The minimum absolute atomic E-state index is 0.0460. The normalized spacial score (nSPS) is 10.2. The molecule has 116 valence electrons. The minimum Gasteiger partial charge on any atom is -0.493 e. The van der Waals surface area contributed by atoms with Crippen LogP contribution in [0.15, 0.2) is 30.3 Å². The predicted octanol–water partition coefficient (Wildman–Crippen LogP) is 3.22. The molecule has 2 aromatic carbocycles. The van der Waals surface area contributed by atoms with Gasteiger partial charge in [-0.2, -0.15) is 0 Å². The van der Waals surface area contributed by atoms with Crippen LogP contribution >= 0.6 is 0 Å². The molecule has 0 atom stereocenters. The largest absolute Gasteiger partial charge is 0.493 e. The van der Waals surface area contributed by atoms with E-state index < -0.39 is 17.4 Å². The van der Waals surface area contributed by atoms with E-state index in [2.05, 4.69) is 0 Å². The molecule has 4 nitrogen and oxygen atoms in total. The van der Waals surface area contributed by atoms with Gasteiger partial charge in [0.15, 0.2) is 28.9 Å². The van der Waals surface area contributed by atoms with Crippen LogP contribution in [0.2, 0.25) is 0 Å². The highest BCUT2D eigenvalue weighted by Gasteiger charge is 2.24. The van der Waals surface area contributed by atoms with Crippen molar-refractivity contribution in [3.63, 3.8) is 0 Å². The lowest BCUT2D eigenvalue weighted by atomic mass is 10.0. The number of ether oxygens (including phenoxy) is 3. The Morgan fingerprint density at radius 3 is 2.14 bits per heavy atom. The summed E-state index contributed by atoms with van der Waals surface area (Å²) in [4.78, 5) is 12.5. The van der Waals surface area contributed by atoms with Crippen LogP contribution in [0.4, 0.5) is 8.78 Å². The molecule has 0 unspecified atom stereocenters. The van der Waals surface area contributed by atoms with Crippen LogP contribution < -0.4 is 14.2 Å². The number of carbonyl (C=O) groups excluding carboxylic acids is 1. The van der Waals surface area contributed by atoms with Crippen molar-refractivity contribution in [1.82, 2.24) is 0 Å².